The number of nitrogens with two attached hydrogens (primary N) is 1. The van der Waals surface area contributed by atoms with Crippen LogP contribution in [-0.4, -0.2) is 42.8 Å². The predicted octanol–water partition coefficient (Wildman–Crippen LogP) is 2.25. The molecule has 0 aromatic carbocycles. The van der Waals surface area contributed by atoms with Crippen LogP contribution in [0.4, 0.5) is 0 Å². The second-order valence-electron chi connectivity index (χ2n) is 7.20. The lowest BCUT2D eigenvalue weighted by Crippen LogP contribution is -2.49. The lowest BCUT2D eigenvalue weighted by molar-refractivity contribution is -0.0864. The van der Waals surface area contributed by atoms with Gasteiger partial charge in [-0.05, 0) is 38.6 Å². The van der Waals surface area contributed by atoms with E-state index in [1.807, 2.05) is 0 Å². The van der Waals surface area contributed by atoms with Gasteiger partial charge in [0.05, 0.1) is 12.2 Å². The molecule has 1 fully saturated rings. The summed E-state index contributed by atoms with van der Waals surface area (Å²) in [6, 6.07) is 0.320. The van der Waals surface area contributed by atoms with Gasteiger partial charge in [0.1, 0.15) is 0 Å². The first-order valence-electron chi connectivity index (χ1n) is 6.80. The largest absolute Gasteiger partial charge is 0.373 e. The van der Waals surface area contributed by atoms with Gasteiger partial charge in [-0.3, -0.25) is 4.90 Å². The average molecular weight is 242 g/mol. The Hall–Kier alpha value is -0.120. The van der Waals surface area contributed by atoms with Gasteiger partial charge >= 0.3 is 0 Å². The van der Waals surface area contributed by atoms with Crippen molar-refractivity contribution >= 4 is 0 Å². The van der Waals surface area contributed by atoms with Gasteiger partial charge in [0.25, 0.3) is 0 Å². The molecule has 0 aromatic heterocycles. The molecule has 2 N–H and O–H groups in total. The Morgan fingerprint density at radius 2 is 2.00 bits per heavy atom. The summed E-state index contributed by atoms with van der Waals surface area (Å²) in [5, 5.41) is 0. The summed E-state index contributed by atoms with van der Waals surface area (Å²) in [7, 11) is 0. The maximum Gasteiger partial charge on any atom is 0.0753 e. The molecule has 1 heterocycles. The Labute approximate surface area is 107 Å². The van der Waals surface area contributed by atoms with Crippen molar-refractivity contribution in [1.82, 2.24) is 4.90 Å². The van der Waals surface area contributed by atoms with Crippen molar-refractivity contribution in [3.05, 3.63) is 0 Å². The molecule has 0 spiro atoms. The van der Waals surface area contributed by atoms with Crippen molar-refractivity contribution in [1.29, 1.82) is 0 Å². The van der Waals surface area contributed by atoms with Crippen LogP contribution in [0.25, 0.3) is 0 Å². The number of hydrogen-bond donors (Lipinski definition) is 1. The van der Waals surface area contributed by atoms with Gasteiger partial charge < -0.3 is 10.5 Å². The fraction of sp³-hybridized carbons (Fsp3) is 1.00. The van der Waals surface area contributed by atoms with E-state index < -0.39 is 0 Å². The van der Waals surface area contributed by atoms with Crippen LogP contribution < -0.4 is 5.73 Å². The Bertz CT molecular complexity index is 233. The highest BCUT2D eigenvalue weighted by atomic mass is 16.5. The van der Waals surface area contributed by atoms with Crippen molar-refractivity contribution in [2.45, 2.75) is 59.1 Å². The number of rotatable bonds is 4. The monoisotopic (exact) mass is 242 g/mol. The van der Waals surface area contributed by atoms with Crippen LogP contribution in [0.2, 0.25) is 0 Å². The third-order valence-corrected chi connectivity index (χ3v) is 3.20. The highest BCUT2D eigenvalue weighted by molar-refractivity contribution is 4.80. The Balaban J connectivity index is 2.26. The van der Waals surface area contributed by atoms with Gasteiger partial charge in [0.15, 0.2) is 0 Å². The highest BCUT2D eigenvalue weighted by Crippen LogP contribution is 2.22. The highest BCUT2D eigenvalue weighted by Gasteiger charge is 2.27. The van der Waals surface area contributed by atoms with E-state index >= 15 is 0 Å². The normalized spacial score (nSPS) is 23.6. The zero-order chi connectivity index (χ0) is 13.1. The van der Waals surface area contributed by atoms with Crippen LogP contribution in [0.15, 0.2) is 0 Å². The van der Waals surface area contributed by atoms with E-state index in [0.29, 0.717) is 11.5 Å². The van der Waals surface area contributed by atoms with Crippen LogP contribution in [0.3, 0.4) is 0 Å². The van der Waals surface area contributed by atoms with Gasteiger partial charge in [-0.1, -0.05) is 20.8 Å². The lowest BCUT2D eigenvalue weighted by atomic mass is 9.87. The number of nitrogens with zero attached hydrogens (tertiary/aromatic N) is 1. The maximum absolute atomic E-state index is 6.19. The van der Waals surface area contributed by atoms with Gasteiger partial charge in [0.2, 0.25) is 0 Å². The zero-order valence-electron chi connectivity index (χ0n) is 12.3. The van der Waals surface area contributed by atoms with Gasteiger partial charge in [-0.25, -0.2) is 0 Å². The number of hydrogen-bond acceptors (Lipinski definition) is 3. The predicted molar refractivity (Wildman–Crippen MR) is 73.1 cm³/mol. The standard InChI is InChI=1S/C14H30N2O/c1-13(2,3)10-12(15)6-7-16-8-9-17-14(4,5)11-16/h12H,6-11,15H2,1-5H3. The van der Waals surface area contributed by atoms with E-state index in [9.17, 15) is 0 Å². The minimum absolute atomic E-state index is 0.00632. The van der Waals surface area contributed by atoms with Crippen LogP contribution in [0.1, 0.15) is 47.5 Å². The van der Waals surface area contributed by atoms with Crippen LogP contribution >= 0.6 is 0 Å². The second-order valence-corrected chi connectivity index (χ2v) is 7.20. The van der Waals surface area contributed by atoms with Crippen molar-refractivity contribution in [3.63, 3.8) is 0 Å². The zero-order valence-corrected chi connectivity index (χ0v) is 12.3. The summed E-state index contributed by atoms with van der Waals surface area (Å²) in [4.78, 5) is 2.48. The maximum atomic E-state index is 6.19. The topological polar surface area (TPSA) is 38.5 Å². The Kier molecular flexibility index (Phi) is 4.99. The molecular weight excluding hydrogens is 212 g/mol. The molecule has 1 aliphatic heterocycles. The minimum Gasteiger partial charge on any atom is -0.373 e. The molecular formula is C14H30N2O. The van der Waals surface area contributed by atoms with E-state index in [0.717, 1.165) is 39.1 Å². The molecule has 0 radical (unpaired) electrons. The van der Waals surface area contributed by atoms with E-state index in [2.05, 4.69) is 39.5 Å². The summed E-state index contributed by atoms with van der Waals surface area (Å²) in [6.45, 7) is 15.1. The van der Waals surface area contributed by atoms with Crippen LogP contribution in [-0.2, 0) is 4.74 Å². The summed E-state index contributed by atoms with van der Waals surface area (Å²) in [6.07, 6.45) is 2.19. The first kappa shape index (κ1) is 14.9. The van der Waals surface area contributed by atoms with E-state index in [-0.39, 0.29) is 5.60 Å². The van der Waals surface area contributed by atoms with Crippen molar-refractivity contribution in [3.8, 4) is 0 Å². The average Bonchev–Trinajstić information content (AvgIpc) is 2.10. The molecule has 0 amide bonds. The van der Waals surface area contributed by atoms with E-state index in [1.54, 1.807) is 0 Å². The quantitative estimate of drug-likeness (QED) is 0.822. The lowest BCUT2D eigenvalue weighted by Gasteiger charge is -2.38. The summed E-state index contributed by atoms with van der Waals surface area (Å²) < 4.78 is 5.71. The minimum atomic E-state index is 0.00632. The fourth-order valence-electron chi connectivity index (χ4n) is 2.54. The number of ether oxygens (including phenoxy) is 1. The van der Waals surface area contributed by atoms with Crippen LogP contribution in [0.5, 0.6) is 0 Å². The van der Waals surface area contributed by atoms with Crippen molar-refractivity contribution in [2.24, 2.45) is 11.1 Å². The van der Waals surface area contributed by atoms with Crippen molar-refractivity contribution < 1.29 is 4.74 Å². The van der Waals surface area contributed by atoms with Crippen LogP contribution in [0, 0.1) is 5.41 Å². The molecule has 3 heteroatoms. The molecule has 0 saturated carbocycles. The Morgan fingerprint density at radius 1 is 1.35 bits per heavy atom. The summed E-state index contributed by atoms with van der Waals surface area (Å²) >= 11 is 0. The van der Waals surface area contributed by atoms with E-state index in [4.69, 9.17) is 10.5 Å². The third kappa shape index (κ3) is 6.39. The summed E-state index contributed by atoms with van der Waals surface area (Å²) in [5.41, 5.74) is 6.53. The molecule has 1 rings (SSSR count). The summed E-state index contributed by atoms with van der Waals surface area (Å²) in [5.74, 6) is 0. The fourth-order valence-corrected chi connectivity index (χ4v) is 2.54. The molecule has 17 heavy (non-hydrogen) atoms. The molecule has 0 bridgehead atoms. The first-order valence-corrected chi connectivity index (χ1v) is 6.80. The molecule has 3 nitrogen and oxygen atoms in total. The second kappa shape index (κ2) is 5.68. The Morgan fingerprint density at radius 3 is 2.53 bits per heavy atom. The molecule has 1 unspecified atom stereocenters. The molecule has 1 saturated heterocycles. The molecule has 1 atom stereocenters. The van der Waals surface area contributed by atoms with Crippen molar-refractivity contribution in [2.75, 3.05) is 26.2 Å². The smallest absolute Gasteiger partial charge is 0.0753 e. The van der Waals surface area contributed by atoms with Gasteiger partial charge in [-0.2, -0.15) is 0 Å². The van der Waals surface area contributed by atoms with Gasteiger partial charge in [0, 0.05) is 19.1 Å². The van der Waals surface area contributed by atoms with Gasteiger partial charge in [-0.15, -0.1) is 0 Å². The van der Waals surface area contributed by atoms with E-state index in [1.165, 1.54) is 0 Å². The molecule has 1 aliphatic rings. The third-order valence-electron chi connectivity index (χ3n) is 3.20. The number of morpholine rings is 1. The first-order chi connectivity index (χ1) is 7.68. The molecule has 102 valence electrons. The SMILES string of the molecule is CC(C)(C)CC(N)CCN1CCOC(C)(C)C1. The molecule has 0 aliphatic carbocycles. The molecule has 0 aromatic rings.